The molecule has 0 unspecified atom stereocenters. The average molecular weight is 273 g/mol. The summed E-state index contributed by atoms with van der Waals surface area (Å²) in [4.78, 5) is 12.8. The van der Waals surface area contributed by atoms with Gasteiger partial charge in [0, 0.05) is 13.6 Å². The molecule has 1 aromatic carbocycles. The van der Waals surface area contributed by atoms with E-state index in [0.717, 1.165) is 18.9 Å². The molecule has 0 aliphatic heterocycles. The van der Waals surface area contributed by atoms with Crippen molar-refractivity contribution in [1.29, 1.82) is 0 Å². The third-order valence-electron chi connectivity index (χ3n) is 2.57. The van der Waals surface area contributed by atoms with Crippen LogP contribution in [0.5, 0.6) is 0 Å². The highest BCUT2D eigenvalue weighted by Gasteiger charge is 2.23. The summed E-state index contributed by atoms with van der Waals surface area (Å²) in [5.74, 6) is -0.486. The Hall–Kier alpha value is -1.43. The molecule has 0 spiro atoms. The van der Waals surface area contributed by atoms with Crippen molar-refractivity contribution in [2.45, 2.75) is 24.7 Å². The molecule has 0 saturated carbocycles. The molecule has 0 radical (unpaired) electrons. The number of benzene rings is 1. The Balaban J connectivity index is 3.07. The lowest BCUT2D eigenvalue weighted by atomic mass is 10.2. The second-order valence-electron chi connectivity index (χ2n) is 4.01. The second-order valence-corrected chi connectivity index (χ2v) is 5.33. The fourth-order valence-electron chi connectivity index (χ4n) is 1.56. The number of halogens is 1. The predicted octanol–water partition coefficient (Wildman–Crippen LogP) is 2.22. The molecular weight excluding hydrogens is 257 g/mol. The van der Waals surface area contributed by atoms with Gasteiger partial charge in [0.25, 0.3) is 5.91 Å². The SMILES string of the molecule is CCCCN(C)C(=O)c1ccccc1S(=O)(=O)F. The van der Waals surface area contributed by atoms with Gasteiger partial charge in [0.15, 0.2) is 0 Å². The summed E-state index contributed by atoms with van der Waals surface area (Å²) in [5, 5.41) is 0. The predicted molar refractivity (Wildman–Crippen MR) is 66.6 cm³/mol. The summed E-state index contributed by atoms with van der Waals surface area (Å²) in [7, 11) is -3.31. The average Bonchev–Trinajstić information content (AvgIpc) is 2.34. The second kappa shape index (κ2) is 5.95. The molecule has 1 aromatic rings. The molecule has 0 N–H and O–H groups in total. The van der Waals surface area contributed by atoms with Gasteiger partial charge in [0.1, 0.15) is 4.90 Å². The van der Waals surface area contributed by atoms with Gasteiger partial charge < -0.3 is 4.90 Å². The van der Waals surface area contributed by atoms with Crippen LogP contribution in [0.25, 0.3) is 0 Å². The van der Waals surface area contributed by atoms with Crippen LogP contribution < -0.4 is 0 Å². The lowest BCUT2D eigenvalue weighted by molar-refractivity contribution is 0.0789. The first-order chi connectivity index (χ1) is 8.38. The normalized spacial score (nSPS) is 11.3. The lowest BCUT2D eigenvalue weighted by Gasteiger charge is -2.17. The summed E-state index contributed by atoms with van der Waals surface area (Å²) in [5.41, 5.74) is -0.126. The van der Waals surface area contributed by atoms with Gasteiger partial charge in [-0.1, -0.05) is 25.5 Å². The fourth-order valence-corrected chi connectivity index (χ4v) is 2.22. The molecule has 1 amide bonds. The maximum Gasteiger partial charge on any atom is 0.332 e. The van der Waals surface area contributed by atoms with Crippen molar-refractivity contribution in [3.63, 3.8) is 0 Å². The van der Waals surface area contributed by atoms with Crippen molar-refractivity contribution in [2.75, 3.05) is 13.6 Å². The first-order valence-electron chi connectivity index (χ1n) is 5.67. The Labute approximate surface area is 107 Å². The highest BCUT2D eigenvalue weighted by Crippen LogP contribution is 2.19. The number of amides is 1. The highest BCUT2D eigenvalue weighted by atomic mass is 32.3. The first kappa shape index (κ1) is 14.6. The number of hydrogen-bond acceptors (Lipinski definition) is 3. The zero-order valence-corrected chi connectivity index (χ0v) is 11.2. The van der Waals surface area contributed by atoms with Crippen molar-refractivity contribution in [3.8, 4) is 0 Å². The Morgan fingerprint density at radius 1 is 1.33 bits per heavy atom. The Bertz CT molecular complexity index is 528. The summed E-state index contributed by atoms with van der Waals surface area (Å²) in [6.07, 6.45) is 1.73. The van der Waals surface area contributed by atoms with E-state index >= 15 is 0 Å². The standard InChI is InChI=1S/C12H16FNO3S/c1-3-4-9-14(2)12(15)10-7-5-6-8-11(10)18(13,16)17/h5-8H,3-4,9H2,1-2H3. The number of rotatable bonds is 5. The van der Waals surface area contributed by atoms with Crippen LogP contribution in [0.3, 0.4) is 0 Å². The maximum absolute atomic E-state index is 13.1. The van der Waals surface area contributed by atoms with Crippen LogP contribution in [-0.2, 0) is 10.2 Å². The van der Waals surface area contributed by atoms with E-state index in [1.165, 1.54) is 23.1 Å². The topological polar surface area (TPSA) is 54.5 Å². The van der Waals surface area contributed by atoms with Crippen LogP contribution in [0.1, 0.15) is 30.1 Å². The zero-order chi connectivity index (χ0) is 13.8. The van der Waals surface area contributed by atoms with Crippen molar-refractivity contribution >= 4 is 16.1 Å². The van der Waals surface area contributed by atoms with Crippen LogP contribution in [-0.4, -0.2) is 32.8 Å². The summed E-state index contributed by atoms with van der Waals surface area (Å²) in [6, 6.07) is 5.30. The van der Waals surface area contributed by atoms with Crippen molar-refractivity contribution in [1.82, 2.24) is 4.90 Å². The van der Waals surface area contributed by atoms with Crippen molar-refractivity contribution < 1.29 is 17.1 Å². The van der Waals surface area contributed by atoms with E-state index in [1.807, 2.05) is 6.92 Å². The van der Waals surface area contributed by atoms with E-state index in [1.54, 1.807) is 7.05 Å². The lowest BCUT2D eigenvalue weighted by Crippen LogP contribution is -2.28. The molecule has 0 aliphatic rings. The van der Waals surface area contributed by atoms with Crippen LogP contribution in [0.4, 0.5) is 3.89 Å². The molecule has 0 heterocycles. The minimum atomic E-state index is -4.88. The van der Waals surface area contributed by atoms with Crippen molar-refractivity contribution in [2.24, 2.45) is 0 Å². The Morgan fingerprint density at radius 2 is 1.94 bits per heavy atom. The van der Waals surface area contributed by atoms with E-state index in [0.29, 0.717) is 6.54 Å². The van der Waals surface area contributed by atoms with E-state index in [4.69, 9.17) is 0 Å². The summed E-state index contributed by atoms with van der Waals surface area (Å²) < 4.78 is 35.0. The van der Waals surface area contributed by atoms with Crippen molar-refractivity contribution in [3.05, 3.63) is 29.8 Å². The number of unbranched alkanes of at least 4 members (excludes halogenated alkanes) is 1. The van der Waals surface area contributed by atoms with Crippen LogP contribution in [0, 0.1) is 0 Å². The Kier molecular flexibility index (Phi) is 4.84. The molecule has 100 valence electrons. The molecule has 0 atom stereocenters. The van der Waals surface area contributed by atoms with Crippen LogP contribution in [0.15, 0.2) is 29.2 Å². The number of nitrogens with zero attached hydrogens (tertiary/aromatic N) is 1. The molecule has 1 rings (SSSR count). The smallest absolute Gasteiger partial charge is 0.332 e. The largest absolute Gasteiger partial charge is 0.342 e. The number of hydrogen-bond donors (Lipinski definition) is 0. The third-order valence-corrected chi connectivity index (χ3v) is 3.46. The molecule has 0 saturated heterocycles. The molecule has 0 aliphatic carbocycles. The molecule has 6 heteroatoms. The molecular formula is C12H16FNO3S. The minimum absolute atomic E-state index is 0.126. The van der Waals surface area contributed by atoms with Crippen LogP contribution >= 0.6 is 0 Å². The van der Waals surface area contributed by atoms with E-state index in [2.05, 4.69) is 0 Å². The quantitative estimate of drug-likeness (QED) is 0.773. The van der Waals surface area contributed by atoms with Gasteiger partial charge in [-0.05, 0) is 18.6 Å². The Morgan fingerprint density at radius 3 is 2.50 bits per heavy atom. The van der Waals surface area contributed by atoms with E-state index in [9.17, 15) is 17.1 Å². The van der Waals surface area contributed by atoms with Gasteiger partial charge in [-0.25, -0.2) is 0 Å². The van der Waals surface area contributed by atoms with E-state index in [-0.39, 0.29) is 5.56 Å². The monoisotopic (exact) mass is 273 g/mol. The molecule has 0 bridgehead atoms. The van der Waals surface area contributed by atoms with Gasteiger partial charge in [0.2, 0.25) is 0 Å². The maximum atomic E-state index is 13.1. The van der Waals surface area contributed by atoms with Gasteiger partial charge in [0.05, 0.1) is 5.56 Å². The highest BCUT2D eigenvalue weighted by molar-refractivity contribution is 7.86. The van der Waals surface area contributed by atoms with Gasteiger partial charge in [-0.3, -0.25) is 4.79 Å². The molecule has 4 nitrogen and oxygen atoms in total. The minimum Gasteiger partial charge on any atom is -0.342 e. The molecule has 0 fully saturated rings. The molecule has 0 aromatic heterocycles. The van der Waals surface area contributed by atoms with Gasteiger partial charge >= 0.3 is 10.2 Å². The zero-order valence-electron chi connectivity index (χ0n) is 10.4. The van der Waals surface area contributed by atoms with Crippen LogP contribution in [0.2, 0.25) is 0 Å². The number of carbonyl (C=O) groups excluding carboxylic acids is 1. The van der Waals surface area contributed by atoms with E-state index < -0.39 is 21.0 Å². The molecule has 18 heavy (non-hydrogen) atoms. The number of carbonyl (C=O) groups is 1. The third kappa shape index (κ3) is 3.53. The fraction of sp³-hybridized carbons (Fsp3) is 0.417. The summed E-state index contributed by atoms with van der Waals surface area (Å²) in [6.45, 7) is 2.49. The van der Waals surface area contributed by atoms with Gasteiger partial charge in [-0.2, -0.15) is 8.42 Å². The summed E-state index contributed by atoms with van der Waals surface area (Å²) >= 11 is 0. The first-order valence-corrected chi connectivity index (χ1v) is 7.05. The van der Waals surface area contributed by atoms with Gasteiger partial charge in [-0.15, -0.1) is 3.89 Å².